The number of hydrogen-bond donors (Lipinski definition) is 1. The first kappa shape index (κ1) is 10.1. The summed E-state index contributed by atoms with van der Waals surface area (Å²) in [6.07, 6.45) is 5.22. The average Bonchev–Trinajstić information content (AvgIpc) is 2.04. The Morgan fingerprint density at radius 1 is 1.38 bits per heavy atom. The molecule has 1 aromatic heterocycles. The van der Waals surface area contributed by atoms with Crippen molar-refractivity contribution in [1.82, 2.24) is 9.71 Å². The van der Waals surface area contributed by atoms with Crippen LogP contribution in [0.2, 0.25) is 0 Å². The Morgan fingerprint density at radius 3 is 2.54 bits per heavy atom. The summed E-state index contributed by atoms with van der Waals surface area (Å²) in [4.78, 5) is 3.86. The zero-order valence-electron chi connectivity index (χ0n) is 7.40. The predicted molar refractivity (Wildman–Crippen MR) is 50.8 cm³/mol. The Balaban J connectivity index is 2.37. The summed E-state index contributed by atoms with van der Waals surface area (Å²) in [6, 6.07) is 3.73. The van der Waals surface area contributed by atoms with Crippen LogP contribution in [0.15, 0.2) is 24.5 Å². The van der Waals surface area contributed by atoms with Gasteiger partial charge in [-0.3, -0.25) is 4.98 Å². The Kier molecular flexibility index (Phi) is 3.39. The van der Waals surface area contributed by atoms with E-state index in [1.807, 2.05) is 12.1 Å². The molecule has 0 saturated heterocycles. The van der Waals surface area contributed by atoms with Crippen molar-refractivity contribution in [2.75, 3.05) is 12.8 Å². The van der Waals surface area contributed by atoms with Crippen molar-refractivity contribution in [3.63, 3.8) is 0 Å². The molecule has 1 N–H and O–H groups in total. The first-order valence-corrected chi connectivity index (χ1v) is 5.80. The molecule has 72 valence electrons. The van der Waals surface area contributed by atoms with Gasteiger partial charge in [0.1, 0.15) is 0 Å². The quantitative estimate of drug-likeness (QED) is 0.754. The smallest absolute Gasteiger partial charge is 0.208 e. The van der Waals surface area contributed by atoms with Gasteiger partial charge in [-0.1, -0.05) is 0 Å². The molecular weight excluding hydrogens is 188 g/mol. The second-order valence-corrected chi connectivity index (χ2v) is 4.60. The molecule has 1 heterocycles. The summed E-state index contributed by atoms with van der Waals surface area (Å²) in [7, 11) is -3.06. The molecule has 13 heavy (non-hydrogen) atoms. The Hall–Kier alpha value is -0.940. The molecule has 0 radical (unpaired) electrons. The van der Waals surface area contributed by atoms with E-state index in [0.717, 1.165) is 11.8 Å². The second-order valence-electron chi connectivity index (χ2n) is 2.77. The maximum Gasteiger partial charge on any atom is 0.208 e. The van der Waals surface area contributed by atoms with Gasteiger partial charge in [-0.2, -0.15) is 0 Å². The van der Waals surface area contributed by atoms with E-state index in [9.17, 15) is 8.42 Å². The average molecular weight is 200 g/mol. The van der Waals surface area contributed by atoms with Crippen LogP contribution in [0.4, 0.5) is 0 Å². The van der Waals surface area contributed by atoms with Crippen LogP contribution in [0.25, 0.3) is 0 Å². The van der Waals surface area contributed by atoms with E-state index in [0.29, 0.717) is 13.0 Å². The molecule has 4 nitrogen and oxygen atoms in total. The van der Waals surface area contributed by atoms with Gasteiger partial charge in [0.25, 0.3) is 0 Å². The van der Waals surface area contributed by atoms with Crippen LogP contribution in [0.5, 0.6) is 0 Å². The van der Waals surface area contributed by atoms with Gasteiger partial charge in [-0.05, 0) is 24.1 Å². The Morgan fingerprint density at radius 2 is 2.00 bits per heavy atom. The lowest BCUT2D eigenvalue weighted by Gasteiger charge is -2.01. The van der Waals surface area contributed by atoms with Gasteiger partial charge < -0.3 is 0 Å². The third-order valence-corrected chi connectivity index (χ3v) is 2.26. The van der Waals surface area contributed by atoms with Crippen molar-refractivity contribution in [2.24, 2.45) is 0 Å². The standard InChI is InChI=1S/C8H12N2O2S/c1-13(11,12)10-7-4-8-2-5-9-6-3-8/h2-3,5-6,10H,4,7H2,1H3. The highest BCUT2D eigenvalue weighted by molar-refractivity contribution is 7.88. The minimum Gasteiger partial charge on any atom is -0.265 e. The van der Waals surface area contributed by atoms with E-state index in [2.05, 4.69) is 9.71 Å². The van der Waals surface area contributed by atoms with Crippen molar-refractivity contribution in [1.29, 1.82) is 0 Å². The van der Waals surface area contributed by atoms with E-state index in [1.54, 1.807) is 12.4 Å². The summed E-state index contributed by atoms with van der Waals surface area (Å²) >= 11 is 0. The van der Waals surface area contributed by atoms with Crippen LogP contribution < -0.4 is 4.72 Å². The fraction of sp³-hybridized carbons (Fsp3) is 0.375. The lowest BCUT2D eigenvalue weighted by molar-refractivity contribution is 0.588. The normalized spacial score (nSPS) is 11.5. The molecule has 0 atom stereocenters. The zero-order chi connectivity index (χ0) is 9.73. The maximum absolute atomic E-state index is 10.7. The first-order valence-electron chi connectivity index (χ1n) is 3.91. The van der Waals surface area contributed by atoms with Crippen LogP contribution in [0.1, 0.15) is 5.56 Å². The summed E-state index contributed by atoms with van der Waals surface area (Å²) in [5, 5.41) is 0. The van der Waals surface area contributed by atoms with E-state index in [1.165, 1.54) is 0 Å². The highest BCUT2D eigenvalue weighted by atomic mass is 32.2. The molecule has 0 aromatic carbocycles. The molecule has 0 amide bonds. The Labute approximate surface area is 78.1 Å². The summed E-state index contributed by atoms with van der Waals surface area (Å²) in [6.45, 7) is 0.433. The van der Waals surface area contributed by atoms with Crippen molar-refractivity contribution < 1.29 is 8.42 Å². The summed E-state index contributed by atoms with van der Waals surface area (Å²) < 4.78 is 23.8. The zero-order valence-corrected chi connectivity index (χ0v) is 8.21. The highest BCUT2D eigenvalue weighted by Crippen LogP contribution is 1.95. The molecule has 5 heteroatoms. The van der Waals surface area contributed by atoms with Gasteiger partial charge >= 0.3 is 0 Å². The maximum atomic E-state index is 10.7. The van der Waals surface area contributed by atoms with Crippen LogP contribution >= 0.6 is 0 Å². The molecule has 0 fully saturated rings. The van der Waals surface area contributed by atoms with E-state index in [-0.39, 0.29) is 0 Å². The molecule has 0 saturated carbocycles. The van der Waals surface area contributed by atoms with E-state index < -0.39 is 10.0 Å². The molecule has 0 bridgehead atoms. The van der Waals surface area contributed by atoms with Crippen LogP contribution in [-0.2, 0) is 16.4 Å². The van der Waals surface area contributed by atoms with Gasteiger partial charge in [0.05, 0.1) is 6.26 Å². The predicted octanol–water partition coefficient (Wildman–Crippen LogP) is 0.173. The second kappa shape index (κ2) is 4.34. The van der Waals surface area contributed by atoms with Crippen molar-refractivity contribution >= 4 is 10.0 Å². The van der Waals surface area contributed by atoms with Gasteiger partial charge in [-0.15, -0.1) is 0 Å². The lowest BCUT2D eigenvalue weighted by atomic mass is 10.2. The van der Waals surface area contributed by atoms with E-state index in [4.69, 9.17) is 0 Å². The number of rotatable bonds is 4. The van der Waals surface area contributed by atoms with Gasteiger partial charge in [0.2, 0.25) is 10.0 Å². The van der Waals surface area contributed by atoms with Crippen molar-refractivity contribution in [2.45, 2.75) is 6.42 Å². The fourth-order valence-corrected chi connectivity index (χ4v) is 1.40. The molecule has 0 unspecified atom stereocenters. The minimum atomic E-state index is -3.06. The molecule has 1 rings (SSSR count). The minimum absolute atomic E-state index is 0.433. The van der Waals surface area contributed by atoms with Gasteiger partial charge in [-0.25, -0.2) is 13.1 Å². The van der Waals surface area contributed by atoms with Gasteiger partial charge in [0.15, 0.2) is 0 Å². The topological polar surface area (TPSA) is 59.1 Å². The molecule has 1 aromatic rings. The number of aromatic nitrogens is 1. The van der Waals surface area contributed by atoms with Crippen molar-refractivity contribution in [3.8, 4) is 0 Å². The summed E-state index contributed by atoms with van der Waals surface area (Å²) in [5.41, 5.74) is 1.08. The number of sulfonamides is 1. The monoisotopic (exact) mass is 200 g/mol. The fourth-order valence-electron chi connectivity index (χ4n) is 0.930. The first-order chi connectivity index (χ1) is 6.08. The number of nitrogens with one attached hydrogen (secondary N) is 1. The number of hydrogen-bond acceptors (Lipinski definition) is 3. The van der Waals surface area contributed by atoms with Crippen LogP contribution in [0, 0.1) is 0 Å². The number of pyridine rings is 1. The third-order valence-electron chi connectivity index (χ3n) is 1.53. The third kappa shape index (κ3) is 4.59. The van der Waals surface area contributed by atoms with Gasteiger partial charge in [0, 0.05) is 18.9 Å². The number of nitrogens with zero attached hydrogens (tertiary/aromatic N) is 1. The molecule has 0 aliphatic heterocycles. The van der Waals surface area contributed by atoms with Crippen molar-refractivity contribution in [3.05, 3.63) is 30.1 Å². The van der Waals surface area contributed by atoms with E-state index >= 15 is 0 Å². The highest BCUT2D eigenvalue weighted by Gasteiger charge is 1.98. The SMILES string of the molecule is CS(=O)(=O)NCCc1ccncc1. The van der Waals surface area contributed by atoms with Crippen LogP contribution in [-0.4, -0.2) is 26.2 Å². The molecule has 0 spiro atoms. The molecule has 0 aliphatic carbocycles. The largest absolute Gasteiger partial charge is 0.265 e. The molecule has 0 aliphatic rings. The lowest BCUT2D eigenvalue weighted by Crippen LogP contribution is -2.24. The summed E-state index contributed by atoms with van der Waals surface area (Å²) in [5.74, 6) is 0. The molecular formula is C8H12N2O2S. The van der Waals surface area contributed by atoms with Crippen LogP contribution in [0.3, 0.4) is 0 Å². The Bertz CT molecular complexity index is 348.